The van der Waals surface area contributed by atoms with Crippen molar-refractivity contribution in [1.82, 2.24) is 19.6 Å². The van der Waals surface area contributed by atoms with Gasteiger partial charge in [0.25, 0.3) is 0 Å². The number of ether oxygens (including phenoxy) is 4. The Kier molecular flexibility index (Phi) is 9.78. The highest BCUT2D eigenvalue weighted by atomic mass is 16.6. The number of anilines is 1. The van der Waals surface area contributed by atoms with Crippen LogP contribution in [-0.2, 0) is 22.6 Å². The van der Waals surface area contributed by atoms with E-state index < -0.39 is 16.9 Å². The van der Waals surface area contributed by atoms with Crippen molar-refractivity contribution in [1.29, 1.82) is 0 Å². The number of aromatic nitrogens is 4. The van der Waals surface area contributed by atoms with Crippen LogP contribution < -0.4 is 15.2 Å². The number of hydrogen-bond acceptors (Lipinski definition) is 11. The van der Waals surface area contributed by atoms with E-state index in [1.165, 1.54) is 18.0 Å². The summed E-state index contributed by atoms with van der Waals surface area (Å²) < 4.78 is 22.1. The van der Waals surface area contributed by atoms with Gasteiger partial charge in [0.2, 0.25) is 5.69 Å². The highest BCUT2D eigenvalue weighted by Crippen LogP contribution is 2.19. The van der Waals surface area contributed by atoms with E-state index in [4.69, 9.17) is 15.2 Å². The molecule has 2 heterocycles. The summed E-state index contributed by atoms with van der Waals surface area (Å²) in [6.45, 7) is 0.813. The van der Waals surface area contributed by atoms with Gasteiger partial charge >= 0.3 is 17.6 Å². The van der Waals surface area contributed by atoms with Gasteiger partial charge in [0.15, 0.2) is 5.69 Å². The van der Waals surface area contributed by atoms with E-state index in [-0.39, 0.29) is 17.1 Å². The fourth-order valence-electron chi connectivity index (χ4n) is 3.48. The van der Waals surface area contributed by atoms with Crippen LogP contribution in [0.3, 0.4) is 0 Å². The summed E-state index contributed by atoms with van der Waals surface area (Å²) in [7, 11) is 5.62. The zero-order valence-electron chi connectivity index (χ0n) is 22.3. The maximum absolute atomic E-state index is 11.5. The third-order valence-corrected chi connectivity index (χ3v) is 5.49. The first-order valence-electron chi connectivity index (χ1n) is 11.7. The van der Waals surface area contributed by atoms with Crippen LogP contribution in [0.4, 0.5) is 11.4 Å². The average molecular weight is 553 g/mol. The van der Waals surface area contributed by atoms with Gasteiger partial charge in [0, 0.05) is 6.20 Å². The lowest BCUT2D eigenvalue weighted by Gasteiger charge is -2.03. The van der Waals surface area contributed by atoms with Crippen molar-refractivity contribution >= 4 is 23.3 Å². The van der Waals surface area contributed by atoms with Crippen LogP contribution in [0.5, 0.6) is 11.5 Å². The molecule has 2 N–H and O–H groups in total. The van der Waals surface area contributed by atoms with E-state index in [0.717, 1.165) is 24.0 Å². The number of nitrogens with zero attached hydrogens (tertiary/aromatic N) is 5. The van der Waals surface area contributed by atoms with Gasteiger partial charge in [-0.3, -0.25) is 19.5 Å². The van der Waals surface area contributed by atoms with Gasteiger partial charge in [0.05, 0.1) is 52.1 Å². The fraction of sp³-hybridized carbons (Fsp3) is 0.231. The summed E-state index contributed by atoms with van der Waals surface area (Å²) >= 11 is 0. The fourth-order valence-corrected chi connectivity index (χ4v) is 3.48. The normalized spacial score (nSPS) is 10.2. The number of benzene rings is 2. The van der Waals surface area contributed by atoms with Crippen molar-refractivity contribution < 1.29 is 33.5 Å². The van der Waals surface area contributed by atoms with Crippen molar-refractivity contribution in [2.24, 2.45) is 0 Å². The number of nitrogens with two attached hydrogens (primary N) is 1. The molecule has 0 aliphatic heterocycles. The van der Waals surface area contributed by atoms with E-state index in [2.05, 4.69) is 19.7 Å². The van der Waals surface area contributed by atoms with Crippen LogP contribution in [0.25, 0.3) is 0 Å². The Labute approximate surface area is 229 Å². The summed E-state index contributed by atoms with van der Waals surface area (Å²) in [6.07, 6.45) is 2.81. The number of methoxy groups -OCH3 is 4. The molecule has 0 unspecified atom stereocenters. The second kappa shape index (κ2) is 13.4. The summed E-state index contributed by atoms with van der Waals surface area (Å²) in [5.74, 6) is 0.126. The van der Waals surface area contributed by atoms with E-state index in [0.29, 0.717) is 24.5 Å². The van der Waals surface area contributed by atoms with Gasteiger partial charge in [-0.15, -0.1) is 0 Å². The molecule has 14 nitrogen and oxygen atoms in total. The highest BCUT2D eigenvalue weighted by Gasteiger charge is 2.26. The van der Waals surface area contributed by atoms with Gasteiger partial charge < -0.3 is 24.7 Å². The third kappa shape index (κ3) is 7.34. The SMILES string of the molecule is COC(=O)c1nn(Cc2ccc(OC)cc2)cc1N.COC(=O)c1nn(Cc2ccc(OC)cc2)cc1[N+](=O)[O-]. The van der Waals surface area contributed by atoms with Crippen LogP contribution in [0.2, 0.25) is 0 Å². The topological polar surface area (TPSA) is 176 Å². The van der Waals surface area contributed by atoms with Crippen LogP contribution in [0, 0.1) is 10.1 Å². The number of esters is 2. The molecule has 40 heavy (non-hydrogen) atoms. The summed E-state index contributed by atoms with van der Waals surface area (Å²) in [5, 5.41) is 18.9. The first-order valence-corrected chi connectivity index (χ1v) is 11.7. The quantitative estimate of drug-likeness (QED) is 0.183. The minimum absolute atomic E-state index is 0.135. The summed E-state index contributed by atoms with van der Waals surface area (Å²) in [4.78, 5) is 33.1. The van der Waals surface area contributed by atoms with Gasteiger partial charge in [-0.2, -0.15) is 10.2 Å². The molecule has 14 heteroatoms. The second-order valence-electron chi connectivity index (χ2n) is 8.13. The molecule has 0 amide bonds. The molecule has 0 spiro atoms. The van der Waals surface area contributed by atoms with Crippen LogP contribution in [0.15, 0.2) is 60.9 Å². The smallest absolute Gasteiger partial charge is 0.365 e. The maximum Gasteiger partial charge on any atom is 0.365 e. The van der Waals surface area contributed by atoms with Gasteiger partial charge in [-0.25, -0.2) is 9.59 Å². The number of nitrogen functional groups attached to an aromatic ring is 1. The standard InChI is InChI=1S/C13H13N3O5.C13H15N3O3/c1-20-10-5-3-9(4-6-10)7-15-8-11(16(18)19)12(14-15)13(17)21-2;1-18-10-5-3-9(4-6-10)7-16-8-11(14)12(15-16)13(17)19-2/h3-6,8H,7H2,1-2H3;3-6,8H,7,14H2,1-2H3. The minimum Gasteiger partial charge on any atom is -0.497 e. The first kappa shape index (κ1) is 29.2. The molecule has 0 aliphatic rings. The lowest BCUT2D eigenvalue weighted by Crippen LogP contribution is -2.07. The van der Waals surface area contributed by atoms with E-state index in [1.807, 2.05) is 36.4 Å². The largest absolute Gasteiger partial charge is 0.497 e. The Morgan fingerprint density at radius 1 is 0.775 bits per heavy atom. The van der Waals surface area contributed by atoms with Crippen LogP contribution in [-0.4, -0.2) is 64.9 Å². The van der Waals surface area contributed by atoms with Crippen molar-refractivity contribution in [3.05, 3.63) is 93.6 Å². The van der Waals surface area contributed by atoms with Crippen molar-refractivity contribution in [2.45, 2.75) is 13.1 Å². The molecular formula is C26H28N6O8. The van der Waals surface area contributed by atoms with Gasteiger partial charge in [-0.05, 0) is 35.4 Å². The number of rotatable bonds is 9. The van der Waals surface area contributed by atoms with Crippen LogP contribution >= 0.6 is 0 Å². The molecule has 2 aromatic carbocycles. The van der Waals surface area contributed by atoms with E-state index >= 15 is 0 Å². The minimum atomic E-state index is -0.838. The first-order chi connectivity index (χ1) is 19.2. The number of hydrogen-bond donors (Lipinski definition) is 1. The number of carbonyl (C=O) groups is 2. The van der Waals surface area contributed by atoms with Gasteiger partial charge in [0.1, 0.15) is 17.7 Å². The molecule has 0 atom stereocenters. The lowest BCUT2D eigenvalue weighted by atomic mass is 10.2. The lowest BCUT2D eigenvalue weighted by molar-refractivity contribution is -0.385. The Morgan fingerprint density at radius 3 is 1.62 bits per heavy atom. The predicted molar refractivity (Wildman–Crippen MR) is 142 cm³/mol. The molecule has 4 aromatic rings. The Hall–Kier alpha value is -5.40. The Bertz CT molecular complexity index is 1460. The molecule has 2 aromatic heterocycles. The predicted octanol–water partition coefficient (Wildman–Crippen LogP) is 2.94. The highest BCUT2D eigenvalue weighted by molar-refractivity contribution is 5.92. The van der Waals surface area contributed by atoms with E-state index in [9.17, 15) is 19.7 Å². The zero-order chi connectivity index (χ0) is 29.2. The molecular weight excluding hydrogens is 524 g/mol. The third-order valence-electron chi connectivity index (χ3n) is 5.49. The Morgan fingerprint density at radius 2 is 1.20 bits per heavy atom. The monoisotopic (exact) mass is 552 g/mol. The molecule has 0 aliphatic carbocycles. The molecule has 0 saturated carbocycles. The second-order valence-corrected chi connectivity index (χ2v) is 8.13. The van der Waals surface area contributed by atoms with Crippen molar-refractivity contribution in [3.8, 4) is 11.5 Å². The average Bonchev–Trinajstić information content (AvgIpc) is 3.56. The summed E-state index contributed by atoms with van der Waals surface area (Å²) in [5.41, 5.74) is 7.36. The maximum atomic E-state index is 11.5. The zero-order valence-corrected chi connectivity index (χ0v) is 22.3. The van der Waals surface area contributed by atoms with Gasteiger partial charge in [-0.1, -0.05) is 24.3 Å². The molecule has 0 fully saturated rings. The molecule has 0 radical (unpaired) electrons. The number of nitro groups is 1. The summed E-state index contributed by atoms with van der Waals surface area (Å²) in [6, 6.07) is 14.7. The Balaban J connectivity index is 0.000000222. The molecule has 0 saturated heterocycles. The van der Waals surface area contributed by atoms with Crippen LogP contribution in [0.1, 0.15) is 32.1 Å². The van der Waals surface area contributed by atoms with Crippen molar-refractivity contribution in [3.63, 3.8) is 0 Å². The van der Waals surface area contributed by atoms with Crippen molar-refractivity contribution in [2.75, 3.05) is 34.2 Å². The molecule has 4 rings (SSSR count). The number of carbonyl (C=O) groups excluding carboxylic acids is 2. The molecule has 0 bridgehead atoms. The molecule has 210 valence electrons. The van der Waals surface area contributed by atoms with E-state index in [1.54, 1.807) is 37.2 Å².